The summed E-state index contributed by atoms with van der Waals surface area (Å²) in [5, 5.41) is 19.1. The van der Waals surface area contributed by atoms with Crippen molar-refractivity contribution in [1.82, 2.24) is 0 Å². The fourth-order valence-electron chi connectivity index (χ4n) is 5.78. The lowest BCUT2D eigenvalue weighted by Crippen LogP contribution is -2.28. The van der Waals surface area contributed by atoms with Gasteiger partial charge in [-0.25, -0.2) is 4.57 Å². The van der Waals surface area contributed by atoms with E-state index in [-0.39, 0.29) is 13.0 Å². The molecule has 0 radical (unpaired) electrons. The van der Waals surface area contributed by atoms with Crippen LogP contribution in [0.25, 0.3) is 0 Å². The Labute approximate surface area is 295 Å². The van der Waals surface area contributed by atoms with Crippen molar-refractivity contribution in [2.24, 2.45) is 0 Å². The highest BCUT2D eigenvalue weighted by Gasteiger charge is 2.29. The van der Waals surface area contributed by atoms with E-state index in [0.29, 0.717) is 13.0 Å². The van der Waals surface area contributed by atoms with Gasteiger partial charge in [-0.2, -0.15) is 0 Å². The molecule has 0 aromatic heterocycles. The molecular formula is C38H77O9P. The molecular weight excluding hydrogens is 631 g/mol. The largest absolute Gasteiger partial charge is 0.472 e. The molecule has 0 aliphatic heterocycles. The van der Waals surface area contributed by atoms with Gasteiger partial charge in [-0.3, -0.25) is 13.8 Å². The molecule has 3 atom stereocenters. The highest BCUT2D eigenvalue weighted by Crippen LogP contribution is 2.44. The van der Waals surface area contributed by atoms with Crippen LogP contribution in [0.5, 0.6) is 0 Å². The first-order chi connectivity index (χ1) is 23.4. The molecule has 48 heavy (non-hydrogen) atoms. The van der Waals surface area contributed by atoms with E-state index in [0.717, 1.165) is 32.1 Å². The number of hydrogen-bond acceptors (Lipinski definition) is 8. The van der Waals surface area contributed by atoms with Gasteiger partial charge in [0.15, 0.2) is 0 Å². The standard InChI is InChI=1S/C38H77O9P/c1-3-5-7-9-11-13-15-17-19-21-23-25-27-29-31-44-34-37(33-40)47-48(42,43)45-35-36(32-39)46-38(41)30-28-26-24-22-20-18-16-14-12-10-8-6-4-2/h36-37,39-40H,3-35H2,1-2H3,(H,42,43)/t36-,37?/m1/s1. The molecule has 0 amide bonds. The van der Waals surface area contributed by atoms with Crippen molar-refractivity contribution in [3.8, 4) is 0 Å². The number of hydrogen-bond donors (Lipinski definition) is 3. The Morgan fingerprint density at radius 2 is 0.917 bits per heavy atom. The van der Waals surface area contributed by atoms with Crippen molar-refractivity contribution in [1.29, 1.82) is 0 Å². The van der Waals surface area contributed by atoms with E-state index in [2.05, 4.69) is 13.8 Å². The van der Waals surface area contributed by atoms with Gasteiger partial charge in [0.25, 0.3) is 0 Å². The van der Waals surface area contributed by atoms with Gasteiger partial charge >= 0.3 is 13.8 Å². The van der Waals surface area contributed by atoms with Gasteiger partial charge in [0.05, 0.1) is 26.4 Å². The second-order valence-corrected chi connectivity index (χ2v) is 15.0. The number of esters is 1. The summed E-state index contributed by atoms with van der Waals surface area (Å²) in [6.07, 6.45) is 31.7. The molecule has 0 saturated heterocycles. The van der Waals surface area contributed by atoms with Crippen LogP contribution >= 0.6 is 7.82 Å². The van der Waals surface area contributed by atoms with E-state index in [1.54, 1.807) is 0 Å². The van der Waals surface area contributed by atoms with Crippen LogP contribution in [0.15, 0.2) is 0 Å². The Bertz CT molecular complexity index is 724. The molecule has 0 aliphatic carbocycles. The highest BCUT2D eigenvalue weighted by molar-refractivity contribution is 7.47. The topological polar surface area (TPSA) is 132 Å². The van der Waals surface area contributed by atoms with E-state index in [9.17, 15) is 24.5 Å². The lowest BCUT2D eigenvalue weighted by molar-refractivity contribution is -0.153. The van der Waals surface area contributed by atoms with Crippen molar-refractivity contribution in [3.05, 3.63) is 0 Å². The summed E-state index contributed by atoms with van der Waals surface area (Å²) < 4.78 is 33.2. The van der Waals surface area contributed by atoms with Crippen molar-refractivity contribution >= 4 is 13.8 Å². The summed E-state index contributed by atoms with van der Waals surface area (Å²) >= 11 is 0. The van der Waals surface area contributed by atoms with Crippen molar-refractivity contribution < 1.29 is 43.0 Å². The Hall–Kier alpha value is -0.540. The van der Waals surface area contributed by atoms with Crippen LogP contribution < -0.4 is 0 Å². The summed E-state index contributed by atoms with van der Waals surface area (Å²) in [6.45, 7) is 3.39. The smallest absolute Gasteiger partial charge is 0.457 e. The summed E-state index contributed by atoms with van der Waals surface area (Å²) in [5.41, 5.74) is 0. The first-order valence-corrected chi connectivity index (χ1v) is 21.5. The maximum Gasteiger partial charge on any atom is 0.472 e. The molecule has 0 fully saturated rings. The second-order valence-electron chi connectivity index (χ2n) is 13.6. The zero-order valence-electron chi connectivity index (χ0n) is 31.2. The van der Waals surface area contributed by atoms with Gasteiger partial charge in [0.2, 0.25) is 0 Å². The quantitative estimate of drug-likeness (QED) is 0.0324. The van der Waals surface area contributed by atoms with E-state index >= 15 is 0 Å². The molecule has 0 saturated carbocycles. The Morgan fingerprint density at radius 3 is 1.31 bits per heavy atom. The van der Waals surface area contributed by atoms with Gasteiger partial charge in [-0.15, -0.1) is 0 Å². The maximum atomic E-state index is 12.4. The van der Waals surface area contributed by atoms with E-state index < -0.39 is 45.8 Å². The second kappa shape index (κ2) is 36.3. The van der Waals surface area contributed by atoms with Crippen molar-refractivity contribution in [2.45, 2.75) is 206 Å². The van der Waals surface area contributed by atoms with Crippen LogP contribution in [0, 0.1) is 0 Å². The minimum atomic E-state index is -4.56. The molecule has 2 unspecified atom stereocenters. The fourth-order valence-corrected chi connectivity index (χ4v) is 6.70. The molecule has 0 heterocycles. The third kappa shape index (κ3) is 33.9. The summed E-state index contributed by atoms with van der Waals surface area (Å²) in [6, 6.07) is 0. The molecule has 0 aromatic carbocycles. The van der Waals surface area contributed by atoms with Crippen LogP contribution in [-0.4, -0.2) is 66.3 Å². The van der Waals surface area contributed by atoms with Gasteiger partial charge < -0.3 is 24.6 Å². The first kappa shape index (κ1) is 47.5. The number of rotatable bonds is 39. The molecule has 0 aromatic rings. The number of aliphatic hydroxyl groups is 2. The zero-order chi connectivity index (χ0) is 35.4. The van der Waals surface area contributed by atoms with Crippen molar-refractivity contribution in [3.63, 3.8) is 0 Å². The predicted octanol–water partition coefficient (Wildman–Crippen LogP) is 10.4. The summed E-state index contributed by atoms with van der Waals surface area (Å²) in [5.74, 6) is -0.473. The zero-order valence-corrected chi connectivity index (χ0v) is 32.1. The summed E-state index contributed by atoms with van der Waals surface area (Å²) in [4.78, 5) is 22.3. The van der Waals surface area contributed by atoms with E-state index in [1.165, 1.54) is 135 Å². The number of carbonyl (C=O) groups excluding carboxylic acids is 1. The first-order valence-electron chi connectivity index (χ1n) is 20.0. The Balaban J connectivity index is 3.83. The number of aliphatic hydroxyl groups excluding tert-OH is 2. The lowest BCUT2D eigenvalue weighted by Gasteiger charge is -2.21. The number of phosphoric ester groups is 1. The molecule has 3 N–H and O–H groups in total. The van der Waals surface area contributed by atoms with Crippen LogP contribution in [0.3, 0.4) is 0 Å². The van der Waals surface area contributed by atoms with Crippen molar-refractivity contribution in [2.75, 3.05) is 33.0 Å². The van der Waals surface area contributed by atoms with Crippen LogP contribution in [-0.2, 0) is 27.9 Å². The average molecular weight is 709 g/mol. The number of unbranched alkanes of at least 4 members (excludes halogenated alkanes) is 25. The van der Waals surface area contributed by atoms with E-state index in [4.69, 9.17) is 18.5 Å². The molecule has 9 nitrogen and oxygen atoms in total. The van der Waals surface area contributed by atoms with Gasteiger partial charge in [-0.05, 0) is 12.8 Å². The number of carbonyl (C=O) groups is 1. The third-order valence-corrected chi connectivity index (χ3v) is 9.88. The molecule has 0 spiro atoms. The monoisotopic (exact) mass is 709 g/mol. The molecule has 10 heteroatoms. The number of ether oxygens (including phenoxy) is 2. The van der Waals surface area contributed by atoms with Crippen LogP contribution in [0.2, 0.25) is 0 Å². The normalized spacial score (nSPS) is 14.2. The molecule has 288 valence electrons. The van der Waals surface area contributed by atoms with E-state index in [1.807, 2.05) is 0 Å². The Kier molecular flexibility index (Phi) is 35.8. The van der Waals surface area contributed by atoms with Crippen LogP contribution in [0.4, 0.5) is 0 Å². The molecule has 0 bridgehead atoms. The molecule has 0 rings (SSSR count). The third-order valence-electron chi connectivity index (χ3n) is 8.84. The van der Waals surface area contributed by atoms with Gasteiger partial charge in [0, 0.05) is 13.0 Å². The SMILES string of the molecule is CCCCCCCCCCCCCCCCOCC(CO)OP(=O)(O)OC[C@@H](CO)OC(=O)CCCCCCCCCCCCCCC. The fraction of sp³-hybridized carbons (Fsp3) is 0.974. The van der Waals surface area contributed by atoms with Gasteiger partial charge in [-0.1, -0.05) is 174 Å². The number of phosphoric acid groups is 1. The minimum Gasteiger partial charge on any atom is -0.457 e. The highest BCUT2D eigenvalue weighted by atomic mass is 31.2. The maximum absolute atomic E-state index is 12.4. The van der Waals surface area contributed by atoms with Gasteiger partial charge in [0.1, 0.15) is 12.2 Å². The average Bonchev–Trinajstić information content (AvgIpc) is 3.07. The molecule has 0 aliphatic rings. The Morgan fingerprint density at radius 1 is 0.542 bits per heavy atom. The van der Waals surface area contributed by atoms with Crippen LogP contribution in [0.1, 0.15) is 194 Å². The summed E-state index contributed by atoms with van der Waals surface area (Å²) in [7, 11) is -4.56. The lowest BCUT2D eigenvalue weighted by atomic mass is 10.0. The minimum absolute atomic E-state index is 0.0413. The predicted molar refractivity (Wildman–Crippen MR) is 196 cm³/mol.